The Hall–Kier alpha value is -0.0900. The van der Waals surface area contributed by atoms with Crippen LogP contribution in [0.15, 0.2) is 0 Å². The largest absolute Gasteiger partial charge is 0.147 e. The maximum absolute atomic E-state index is 3.06. The molecule has 0 fully saturated rings. The Balaban J connectivity index is 2.96. The van der Waals surface area contributed by atoms with Crippen LogP contribution in [0.1, 0.15) is 26.2 Å². The highest BCUT2D eigenvalue weighted by Gasteiger charge is 1.75. The van der Waals surface area contributed by atoms with Gasteiger partial charge in [0.2, 0.25) is 0 Å². The molecule has 0 aliphatic rings. The van der Waals surface area contributed by atoms with E-state index < -0.39 is 0 Å². The van der Waals surface area contributed by atoms with Crippen LogP contribution in [0.2, 0.25) is 0 Å². The summed E-state index contributed by atoms with van der Waals surface area (Å²) in [6, 6.07) is 0. The van der Waals surface area contributed by atoms with Gasteiger partial charge >= 0.3 is 0 Å². The zero-order valence-corrected chi connectivity index (χ0v) is 6.92. The fourth-order valence-electron chi connectivity index (χ4n) is 0.438. The second-order valence-electron chi connectivity index (χ2n) is 1.78. The minimum Gasteiger partial charge on any atom is -0.147 e. The number of hydrogen-bond acceptors (Lipinski definition) is 1. The molecular formula is C8H13S. The summed E-state index contributed by atoms with van der Waals surface area (Å²) in [7, 11) is 0. The molecule has 1 radical (unpaired) electrons. The maximum Gasteiger partial charge on any atom is 0.0882 e. The maximum atomic E-state index is 3.06. The predicted octanol–water partition coefficient (Wildman–Crippen LogP) is 2.70. The molecule has 0 nitrogen and oxygen atoms in total. The Morgan fingerprint density at radius 3 is 2.89 bits per heavy atom. The lowest BCUT2D eigenvalue weighted by Crippen LogP contribution is -1.66. The Kier molecular flexibility index (Phi) is 7.83. The monoisotopic (exact) mass is 141 g/mol. The normalized spacial score (nSPS) is 8.22. The van der Waals surface area contributed by atoms with Gasteiger partial charge in [-0.25, -0.2) is 0 Å². The van der Waals surface area contributed by atoms with Crippen molar-refractivity contribution in [2.45, 2.75) is 26.2 Å². The van der Waals surface area contributed by atoms with Crippen molar-refractivity contribution in [3.63, 3.8) is 0 Å². The van der Waals surface area contributed by atoms with Crippen molar-refractivity contribution in [2.24, 2.45) is 0 Å². The van der Waals surface area contributed by atoms with Crippen LogP contribution < -0.4 is 0 Å². The first kappa shape index (κ1) is 8.91. The van der Waals surface area contributed by atoms with Crippen molar-refractivity contribution in [2.75, 3.05) is 6.26 Å². The van der Waals surface area contributed by atoms with E-state index in [-0.39, 0.29) is 0 Å². The van der Waals surface area contributed by atoms with E-state index in [4.69, 9.17) is 0 Å². The first-order valence-corrected chi connectivity index (χ1v) is 4.53. The van der Waals surface area contributed by atoms with E-state index in [1.807, 2.05) is 12.0 Å². The minimum absolute atomic E-state index is 1.05. The Labute approximate surface area is 62.4 Å². The molecule has 0 aromatic rings. The SMILES string of the molecule is CCCCC#C[CH]SC. The summed E-state index contributed by atoms with van der Waals surface area (Å²) in [5.74, 6) is 7.94. The first-order valence-electron chi connectivity index (χ1n) is 3.24. The molecule has 0 spiro atoms. The molecule has 0 N–H and O–H groups in total. The molecule has 9 heavy (non-hydrogen) atoms. The average Bonchev–Trinajstić information content (AvgIpc) is 1.89. The van der Waals surface area contributed by atoms with Crippen molar-refractivity contribution in [1.82, 2.24) is 0 Å². The van der Waals surface area contributed by atoms with Gasteiger partial charge in [-0.1, -0.05) is 19.3 Å². The molecule has 0 saturated carbocycles. The van der Waals surface area contributed by atoms with Gasteiger partial charge in [-0.05, 0) is 12.7 Å². The van der Waals surface area contributed by atoms with Crippen molar-refractivity contribution >= 4 is 11.8 Å². The molecule has 0 aliphatic carbocycles. The second-order valence-corrected chi connectivity index (χ2v) is 2.49. The summed E-state index contributed by atoms with van der Waals surface area (Å²) in [5.41, 5.74) is 0. The number of hydrogen-bond donors (Lipinski definition) is 0. The lowest BCUT2D eigenvalue weighted by Gasteiger charge is -1.82. The predicted molar refractivity (Wildman–Crippen MR) is 45.1 cm³/mol. The van der Waals surface area contributed by atoms with Gasteiger partial charge in [0.1, 0.15) is 0 Å². The fraction of sp³-hybridized carbons (Fsp3) is 0.625. The van der Waals surface area contributed by atoms with Crippen LogP contribution in [0, 0.1) is 17.6 Å². The van der Waals surface area contributed by atoms with Crippen LogP contribution in [0.4, 0.5) is 0 Å². The minimum atomic E-state index is 1.05. The highest BCUT2D eigenvalue weighted by atomic mass is 32.2. The lowest BCUT2D eigenvalue weighted by atomic mass is 10.3. The van der Waals surface area contributed by atoms with E-state index in [0.29, 0.717) is 0 Å². The van der Waals surface area contributed by atoms with E-state index in [0.717, 1.165) is 6.42 Å². The molecule has 0 aromatic carbocycles. The Morgan fingerprint density at radius 1 is 1.56 bits per heavy atom. The molecule has 1 heteroatoms. The molecule has 0 saturated heterocycles. The molecule has 0 rings (SSSR count). The lowest BCUT2D eigenvalue weighted by molar-refractivity contribution is 0.828. The molecule has 0 amide bonds. The van der Waals surface area contributed by atoms with E-state index >= 15 is 0 Å². The van der Waals surface area contributed by atoms with Crippen molar-refractivity contribution in [3.05, 3.63) is 5.75 Å². The number of unbranched alkanes of at least 4 members (excludes halogenated alkanes) is 2. The molecule has 0 aliphatic heterocycles. The third-order valence-corrected chi connectivity index (χ3v) is 1.29. The smallest absolute Gasteiger partial charge is 0.0882 e. The summed E-state index contributed by atoms with van der Waals surface area (Å²) >= 11 is 1.66. The van der Waals surface area contributed by atoms with Crippen molar-refractivity contribution in [1.29, 1.82) is 0 Å². The molecule has 0 aromatic heterocycles. The molecule has 0 atom stereocenters. The van der Waals surface area contributed by atoms with Gasteiger partial charge in [0.15, 0.2) is 0 Å². The first-order chi connectivity index (χ1) is 4.41. The Morgan fingerprint density at radius 2 is 2.33 bits per heavy atom. The van der Waals surface area contributed by atoms with Crippen LogP contribution in [-0.4, -0.2) is 6.26 Å². The van der Waals surface area contributed by atoms with Crippen LogP contribution >= 0.6 is 11.8 Å². The van der Waals surface area contributed by atoms with Gasteiger partial charge in [0.25, 0.3) is 0 Å². The zero-order chi connectivity index (χ0) is 6.95. The molecule has 0 bridgehead atoms. The van der Waals surface area contributed by atoms with Gasteiger partial charge in [0, 0.05) is 6.42 Å². The molecular weight excluding hydrogens is 128 g/mol. The molecule has 0 heterocycles. The highest BCUT2D eigenvalue weighted by molar-refractivity contribution is 8.00. The molecule has 51 valence electrons. The summed E-state index contributed by atoms with van der Waals surface area (Å²) in [6.45, 7) is 2.18. The highest BCUT2D eigenvalue weighted by Crippen LogP contribution is 1.95. The fourth-order valence-corrected chi connectivity index (χ4v) is 0.639. The van der Waals surface area contributed by atoms with E-state index in [2.05, 4.69) is 18.8 Å². The summed E-state index contributed by atoms with van der Waals surface area (Å²) in [6.07, 6.45) is 5.55. The third kappa shape index (κ3) is 7.91. The summed E-state index contributed by atoms with van der Waals surface area (Å²) in [5, 5.41) is 0. The van der Waals surface area contributed by atoms with E-state index in [1.54, 1.807) is 11.8 Å². The summed E-state index contributed by atoms with van der Waals surface area (Å²) in [4.78, 5) is 0. The van der Waals surface area contributed by atoms with Crippen LogP contribution in [0.3, 0.4) is 0 Å². The Bertz CT molecular complexity index is 96.9. The van der Waals surface area contributed by atoms with Gasteiger partial charge in [-0.15, -0.1) is 17.7 Å². The molecule has 0 unspecified atom stereocenters. The standard InChI is InChI=1S/C8H13S/c1-3-4-5-6-7-8-9-2/h8H,3-5H2,1-2H3. The van der Waals surface area contributed by atoms with Gasteiger partial charge in [-0.3, -0.25) is 0 Å². The quantitative estimate of drug-likeness (QED) is 0.430. The summed E-state index contributed by atoms with van der Waals surface area (Å²) < 4.78 is 0. The average molecular weight is 141 g/mol. The topological polar surface area (TPSA) is 0 Å². The zero-order valence-electron chi connectivity index (χ0n) is 6.11. The number of thioether (sulfide) groups is 1. The third-order valence-electron chi connectivity index (χ3n) is 0.934. The van der Waals surface area contributed by atoms with E-state index in [1.165, 1.54) is 12.8 Å². The van der Waals surface area contributed by atoms with Gasteiger partial charge in [-0.2, -0.15) is 0 Å². The van der Waals surface area contributed by atoms with Crippen LogP contribution in [-0.2, 0) is 0 Å². The van der Waals surface area contributed by atoms with Crippen molar-refractivity contribution < 1.29 is 0 Å². The van der Waals surface area contributed by atoms with E-state index in [9.17, 15) is 0 Å². The van der Waals surface area contributed by atoms with Gasteiger partial charge < -0.3 is 0 Å². The van der Waals surface area contributed by atoms with Crippen molar-refractivity contribution in [3.8, 4) is 11.8 Å². The van der Waals surface area contributed by atoms with Crippen LogP contribution in [0.5, 0.6) is 0 Å². The second kappa shape index (κ2) is 7.91. The van der Waals surface area contributed by atoms with Gasteiger partial charge in [0.05, 0.1) is 5.75 Å². The van der Waals surface area contributed by atoms with Crippen LogP contribution in [0.25, 0.3) is 0 Å². The number of rotatable bonds is 3.